The number of carboxylic acid groups (broad SMARTS) is 1. The van der Waals surface area contributed by atoms with Crippen LogP contribution in [-0.4, -0.2) is 25.3 Å². The first-order chi connectivity index (χ1) is 9.12. The van der Waals surface area contributed by atoms with Crippen LogP contribution in [0.3, 0.4) is 0 Å². The monoisotopic (exact) mass is 264 g/mol. The topological polar surface area (TPSA) is 55.8 Å². The molecule has 0 spiro atoms. The maximum atomic E-state index is 11.7. The van der Waals surface area contributed by atoms with Crippen LogP contribution in [0.5, 0.6) is 5.75 Å². The van der Waals surface area contributed by atoms with Gasteiger partial charge in [-0.05, 0) is 36.1 Å². The van der Waals surface area contributed by atoms with Crippen molar-refractivity contribution in [1.29, 1.82) is 0 Å². The number of carbonyl (C=O) groups is 1. The minimum atomic E-state index is -0.753. The molecule has 104 valence electrons. The molecule has 1 aliphatic carbocycles. The van der Waals surface area contributed by atoms with E-state index in [4.69, 9.17) is 9.47 Å². The lowest BCUT2D eigenvalue weighted by molar-refractivity contribution is -0.143. The molecular formula is C15H20O4. The third-order valence-electron chi connectivity index (χ3n) is 3.93. The first-order valence-electron chi connectivity index (χ1n) is 6.53. The summed E-state index contributed by atoms with van der Waals surface area (Å²) in [5.74, 6) is -0.0429. The Morgan fingerprint density at radius 1 is 1.26 bits per heavy atom. The van der Waals surface area contributed by atoms with E-state index in [1.165, 1.54) is 0 Å². The van der Waals surface area contributed by atoms with Crippen LogP contribution in [-0.2, 0) is 21.6 Å². The molecule has 1 fully saturated rings. The number of benzene rings is 1. The zero-order valence-corrected chi connectivity index (χ0v) is 11.4. The van der Waals surface area contributed by atoms with E-state index >= 15 is 0 Å². The molecule has 4 heteroatoms. The molecular weight excluding hydrogens is 244 g/mol. The summed E-state index contributed by atoms with van der Waals surface area (Å²) >= 11 is 0. The van der Waals surface area contributed by atoms with Crippen LogP contribution in [0.1, 0.15) is 36.8 Å². The standard InChI is InChI=1S/C15H20O4/c1-18-10-11-7-12(9-13(8-11)19-2)15(14(16)17)5-3-4-6-15/h7-9H,3-6,10H2,1-2H3,(H,16,17). The molecule has 1 aromatic rings. The molecule has 0 bridgehead atoms. The van der Waals surface area contributed by atoms with Gasteiger partial charge in [-0.2, -0.15) is 0 Å². The summed E-state index contributed by atoms with van der Waals surface area (Å²) in [6, 6.07) is 5.67. The van der Waals surface area contributed by atoms with Crippen LogP contribution < -0.4 is 4.74 Å². The summed E-state index contributed by atoms with van der Waals surface area (Å²) in [6.45, 7) is 0.458. The molecule has 1 N–H and O–H groups in total. The number of hydrogen-bond acceptors (Lipinski definition) is 3. The second-order valence-corrected chi connectivity index (χ2v) is 5.10. The van der Waals surface area contributed by atoms with Gasteiger partial charge in [0, 0.05) is 7.11 Å². The van der Waals surface area contributed by atoms with E-state index in [9.17, 15) is 9.90 Å². The van der Waals surface area contributed by atoms with Gasteiger partial charge in [-0.1, -0.05) is 18.9 Å². The fourth-order valence-corrected chi connectivity index (χ4v) is 2.91. The van der Waals surface area contributed by atoms with E-state index in [2.05, 4.69) is 0 Å². The van der Waals surface area contributed by atoms with Crippen molar-refractivity contribution in [1.82, 2.24) is 0 Å². The quantitative estimate of drug-likeness (QED) is 0.888. The van der Waals surface area contributed by atoms with E-state index in [1.807, 2.05) is 18.2 Å². The third kappa shape index (κ3) is 2.59. The lowest BCUT2D eigenvalue weighted by Gasteiger charge is -2.25. The Bertz CT molecular complexity index is 461. The average Bonchev–Trinajstić information content (AvgIpc) is 2.89. The van der Waals surface area contributed by atoms with Crippen molar-refractivity contribution in [3.63, 3.8) is 0 Å². The van der Waals surface area contributed by atoms with E-state index < -0.39 is 11.4 Å². The van der Waals surface area contributed by atoms with Crippen molar-refractivity contribution in [3.05, 3.63) is 29.3 Å². The second-order valence-electron chi connectivity index (χ2n) is 5.10. The maximum Gasteiger partial charge on any atom is 0.314 e. The Hall–Kier alpha value is -1.55. The minimum absolute atomic E-state index is 0.458. The van der Waals surface area contributed by atoms with Crippen LogP contribution in [0.15, 0.2) is 18.2 Å². The first kappa shape index (κ1) is 13.9. The molecule has 4 nitrogen and oxygen atoms in total. The van der Waals surface area contributed by atoms with Gasteiger partial charge < -0.3 is 14.6 Å². The number of hydrogen-bond donors (Lipinski definition) is 1. The van der Waals surface area contributed by atoms with Crippen molar-refractivity contribution in [3.8, 4) is 5.75 Å². The molecule has 1 aliphatic rings. The predicted molar refractivity (Wildman–Crippen MR) is 71.5 cm³/mol. The average molecular weight is 264 g/mol. The van der Waals surface area contributed by atoms with Gasteiger partial charge in [-0.15, -0.1) is 0 Å². The molecule has 0 aliphatic heterocycles. The summed E-state index contributed by atoms with van der Waals surface area (Å²) in [5, 5.41) is 9.63. The van der Waals surface area contributed by atoms with Gasteiger partial charge in [-0.3, -0.25) is 4.79 Å². The smallest absolute Gasteiger partial charge is 0.314 e. The molecule has 1 aromatic carbocycles. The molecule has 2 rings (SSSR count). The highest BCUT2D eigenvalue weighted by atomic mass is 16.5. The summed E-state index contributed by atoms with van der Waals surface area (Å²) in [6.07, 6.45) is 3.32. The predicted octanol–water partition coefficient (Wildman–Crippen LogP) is 2.74. The van der Waals surface area contributed by atoms with Gasteiger partial charge in [-0.25, -0.2) is 0 Å². The van der Waals surface area contributed by atoms with Crippen LogP contribution in [0.25, 0.3) is 0 Å². The van der Waals surface area contributed by atoms with Crippen molar-refractivity contribution >= 4 is 5.97 Å². The van der Waals surface area contributed by atoms with Crippen molar-refractivity contribution in [2.75, 3.05) is 14.2 Å². The zero-order chi connectivity index (χ0) is 13.9. The Balaban J connectivity index is 2.47. The van der Waals surface area contributed by atoms with Crippen LogP contribution in [0.4, 0.5) is 0 Å². The molecule has 0 radical (unpaired) electrons. The Morgan fingerprint density at radius 2 is 1.95 bits per heavy atom. The van der Waals surface area contributed by atoms with E-state index in [-0.39, 0.29) is 0 Å². The maximum absolute atomic E-state index is 11.7. The van der Waals surface area contributed by atoms with Gasteiger partial charge in [0.05, 0.1) is 19.1 Å². The lowest BCUT2D eigenvalue weighted by Crippen LogP contribution is -2.32. The van der Waals surface area contributed by atoms with Crippen molar-refractivity contribution in [2.45, 2.75) is 37.7 Å². The normalized spacial score (nSPS) is 17.4. The van der Waals surface area contributed by atoms with E-state index in [1.54, 1.807) is 14.2 Å². The molecule has 1 saturated carbocycles. The number of carboxylic acids is 1. The molecule has 0 unspecified atom stereocenters. The number of methoxy groups -OCH3 is 2. The lowest BCUT2D eigenvalue weighted by atomic mass is 9.78. The number of rotatable bonds is 5. The van der Waals surface area contributed by atoms with Crippen molar-refractivity contribution < 1.29 is 19.4 Å². The highest BCUT2D eigenvalue weighted by Crippen LogP contribution is 2.42. The minimum Gasteiger partial charge on any atom is -0.497 e. The van der Waals surface area contributed by atoms with Crippen LogP contribution >= 0.6 is 0 Å². The molecule has 0 heterocycles. The van der Waals surface area contributed by atoms with Gasteiger partial charge >= 0.3 is 5.97 Å². The Labute approximate surface area is 113 Å². The summed E-state index contributed by atoms with van der Waals surface area (Å²) < 4.78 is 10.4. The SMILES string of the molecule is COCc1cc(OC)cc(C2(C(=O)O)CCCC2)c1. The fraction of sp³-hybridized carbons (Fsp3) is 0.533. The molecule has 0 aromatic heterocycles. The van der Waals surface area contributed by atoms with E-state index in [0.717, 1.165) is 24.0 Å². The Kier molecular flexibility index (Phi) is 4.10. The van der Waals surface area contributed by atoms with Gasteiger partial charge in [0.2, 0.25) is 0 Å². The molecule has 0 saturated heterocycles. The summed E-state index contributed by atoms with van der Waals surface area (Å²) in [4.78, 5) is 11.7. The fourth-order valence-electron chi connectivity index (χ4n) is 2.91. The second kappa shape index (κ2) is 5.61. The molecule has 19 heavy (non-hydrogen) atoms. The van der Waals surface area contributed by atoms with Gasteiger partial charge in [0.25, 0.3) is 0 Å². The highest BCUT2D eigenvalue weighted by molar-refractivity contribution is 5.82. The van der Waals surface area contributed by atoms with Crippen molar-refractivity contribution in [2.24, 2.45) is 0 Å². The highest BCUT2D eigenvalue weighted by Gasteiger charge is 2.43. The summed E-state index contributed by atoms with van der Waals surface area (Å²) in [5.41, 5.74) is 1.03. The van der Waals surface area contributed by atoms with E-state index in [0.29, 0.717) is 25.2 Å². The summed E-state index contributed by atoms with van der Waals surface area (Å²) in [7, 11) is 3.22. The number of ether oxygens (including phenoxy) is 2. The third-order valence-corrected chi connectivity index (χ3v) is 3.93. The largest absolute Gasteiger partial charge is 0.497 e. The van der Waals surface area contributed by atoms with Crippen LogP contribution in [0.2, 0.25) is 0 Å². The molecule has 0 atom stereocenters. The van der Waals surface area contributed by atoms with Crippen LogP contribution in [0, 0.1) is 0 Å². The Morgan fingerprint density at radius 3 is 2.47 bits per heavy atom. The number of aliphatic carboxylic acids is 1. The molecule has 0 amide bonds. The van der Waals surface area contributed by atoms with Gasteiger partial charge in [0.1, 0.15) is 5.75 Å². The first-order valence-corrected chi connectivity index (χ1v) is 6.53. The zero-order valence-electron chi connectivity index (χ0n) is 11.4. The van der Waals surface area contributed by atoms with Gasteiger partial charge in [0.15, 0.2) is 0 Å².